The number of carbonyl (C=O) groups excluding carboxylic acids is 1. The van der Waals surface area contributed by atoms with Crippen molar-refractivity contribution in [1.82, 2.24) is 0 Å². The van der Waals surface area contributed by atoms with E-state index in [-0.39, 0.29) is 0 Å². The van der Waals surface area contributed by atoms with Crippen LogP contribution in [0.3, 0.4) is 0 Å². The van der Waals surface area contributed by atoms with Crippen LogP contribution >= 0.6 is 38.5 Å². The fraction of sp³-hybridized carbons (Fsp3) is 0.125. The largest absolute Gasteiger partial charge is 0.496 e. The number of benzene rings is 1. The molecule has 2 N–H and O–H groups in total. The molecular weight excluding hydrogens is 349 g/mol. The van der Waals surface area contributed by atoms with Crippen LogP contribution in [0.25, 0.3) is 0 Å². The summed E-state index contributed by atoms with van der Waals surface area (Å²) in [6, 6.07) is 3.29. The van der Waals surface area contributed by atoms with E-state index in [0.717, 1.165) is 8.04 Å². The first kappa shape index (κ1) is 10.8. The van der Waals surface area contributed by atoms with E-state index in [0.29, 0.717) is 11.3 Å². The van der Waals surface area contributed by atoms with Gasteiger partial charge in [0, 0.05) is 10.0 Å². The van der Waals surface area contributed by atoms with Crippen LogP contribution in [0.4, 0.5) is 0 Å². The first-order valence-corrected chi connectivity index (χ1v) is 5.26. The van der Waals surface area contributed by atoms with E-state index in [2.05, 4.69) is 38.5 Å². The summed E-state index contributed by atoms with van der Waals surface area (Å²) in [7, 11) is 1.55. The average Bonchev–Trinajstić information content (AvgIpc) is 2.09. The Labute approximate surface area is 97.9 Å². The Morgan fingerprint density at radius 3 is 2.69 bits per heavy atom. The molecule has 0 saturated carbocycles. The van der Waals surface area contributed by atoms with Crippen molar-refractivity contribution in [2.75, 3.05) is 7.11 Å². The van der Waals surface area contributed by atoms with Gasteiger partial charge < -0.3 is 10.5 Å². The van der Waals surface area contributed by atoms with Gasteiger partial charge in [-0.15, -0.1) is 0 Å². The van der Waals surface area contributed by atoms with Crippen molar-refractivity contribution in [2.45, 2.75) is 0 Å². The Kier molecular flexibility index (Phi) is 3.55. The third kappa shape index (κ3) is 2.34. The minimum absolute atomic E-state index is 0.434. The molecule has 1 aromatic rings. The van der Waals surface area contributed by atoms with Gasteiger partial charge in [0.05, 0.1) is 10.7 Å². The maximum absolute atomic E-state index is 10.9. The quantitative estimate of drug-likeness (QED) is 0.826. The van der Waals surface area contributed by atoms with Crippen molar-refractivity contribution < 1.29 is 9.53 Å². The van der Waals surface area contributed by atoms with E-state index in [9.17, 15) is 4.79 Å². The fourth-order valence-electron chi connectivity index (χ4n) is 0.855. The average molecular weight is 356 g/mol. The summed E-state index contributed by atoms with van der Waals surface area (Å²) in [6.07, 6.45) is 0. The molecule has 0 saturated heterocycles. The third-order valence-corrected chi connectivity index (χ3v) is 3.98. The van der Waals surface area contributed by atoms with Crippen molar-refractivity contribution in [3.63, 3.8) is 0 Å². The van der Waals surface area contributed by atoms with E-state index in [1.165, 1.54) is 0 Å². The summed E-state index contributed by atoms with van der Waals surface area (Å²) in [5.74, 6) is 0.180. The standard InChI is InChI=1S/C8H7BrINO2/c1-13-6-3-4(8(11)12)2-5(9)7(6)10/h2-3H,1H3,(H2,11,12). The maximum Gasteiger partial charge on any atom is 0.248 e. The second-order valence-electron chi connectivity index (χ2n) is 2.34. The highest BCUT2D eigenvalue weighted by Gasteiger charge is 2.09. The lowest BCUT2D eigenvalue weighted by molar-refractivity contribution is 0.1000. The number of amides is 1. The lowest BCUT2D eigenvalue weighted by Gasteiger charge is -2.06. The number of nitrogens with two attached hydrogens (primary N) is 1. The van der Waals surface area contributed by atoms with E-state index in [4.69, 9.17) is 10.5 Å². The topological polar surface area (TPSA) is 52.3 Å². The molecule has 13 heavy (non-hydrogen) atoms. The molecule has 0 aliphatic heterocycles. The number of halogens is 2. The predicted octanol–water partition coefficient (Wildman–Crippen LogP) is 2.16. The van der Waals surface area contributed by atoms with Crippen molar-refractivity contribution >= 4 is 44.4 Å². The molecule has 70 valence electrons. The number of hydrogen-bond donors (Lipinski definition) is 1. The van der Waals surface area contributed by atoms with E-state index in [1.54, 1.807) is 19.2 Å². The predicted molar refractivity (Wildman–Crippen MR) is 61.9 cm³/mol. The van der Waals surface area contributed by atoms with Gasteiger partial charge in [-0.05, 0) is 50.7 Å². The first-order chi connectivity index (χ1) is 6.06. The van der Waals surface area contributed by atoms with Gasteiger partial charge in [0.2, 0.25) is 5.91 Å². The fourth-order valence-corrected chi connectivity index (χ4v) is 1.83. The Balaban J connectivity index is 3.30. The highest BCUT2D eigenvalue weighted by Crippen LogP contribution is 2.29. The summed E-state index contributed by atoms with van der Waals surface area (Å²) < 4.78 is 6.80. The molecule has 5 heteroatoms. The number of methoxy groups -OCH3 is 1. The number of rotatable bonds is 2. The molecule has 0 heterocycles. The first-order valence-electron chi connectivity index (χ1n) is 3.39. The minimum Gasteiger partial charge on any atom is -0.496 e. The van der Waals surface area contributed by atoms with Crippen LogP contribution in [0, 0.1) is 3.57 Å². The Hall–Kier alpha value is -0.300. The summed E-state index contributed by atoms with van der Waals surface area (Å²) >= 11 is 5.43. The molecule has 3 nitrogen and oxygen atoms in total. The smallest absolute Gasteiger partial charge is 0.248 e. The lowest BCUT2D eigenvalue weighted by atomic mass is 10.2. The van der Waals surface area contributed by atoms with Crippen LogP contribution in [0.5, 0.6) is 5.75 Å². The zero-order valence-corrected chi connectivity index (χ0v) is 10.5. The normalized spacial score (nSPS) is 9.77. The van der Waals surface area contributed by atoms with E-state index < -0.39 is 5.91 Å². The van der Waals surface area contributed by atoms with Crippen LogP contribution in [-0.2, 0) is 0 Å². The molecule has 0 spiro atoms. The molecule has 0 unspecified atom stereocenters. The number of ether oxygens (including phenoxy) is 1. The molecular formula is C8H7BrINO2. The van der Waals surface area contributed by atoms with Gasteiger partial charge in [-0.1, -0.05) is 0 Å². The van der Waals surface area contributed by atoms with Crippen LogP contribution in [-0.4, -0.2) is 13.0 Å². The molecule has 0 atom stereocenters. The zero-order valence-electron chi connectivity index (χ0n) is 6.80. The van der Waals surface area contributed by atoms with Crippen LogP contribution < -0.4 is 10.5 Å². The summed E-state index contributed by atoms with van der Waals surface area (Å²) in [4.78, 5) is 10.9. The van der Waals surface area contributed by atoms with Crippen molar-refractivity contribution in [2.24, 2.45) is 5.73 Å². The van der Waals surface area contributed by atoms with Gasteiger partial charge >= 0.3 is 0 Å². The molecule has 0 aliphatic rings. The molecule has 1 rings (SSSR count). The van der Waals surface area contributed by atoms with Gasteiger partial charge in [0.15, 0.2) is 0 Å². The highest BCUT2D eigenvalue weighted by molar-refractivity contribution is 14.1. The Bertz CT molecular complexity index is 354. The molecule has 0 aliphatic carbocycles. The Morgan fingerprint density at radius 1 is 1.62 bits per heavy atom. The summed E-state index contributed by atoms with van der Waals surface area (Å²) in [5, 5.41) is 0. The zero-order chi connectivity index (χ0) is 10.0. The second kappa shape index (κ2) is 4.28. The lowest BCUT2D eigenvalue weighted by Crippen LogP contribution is -2.11. The molecule has 1 aromatic carbocycles. The van der Waals surface area contributed by atoms with Crippen molar-refractivity contribution in [3.8, 4) is 5.75 Å². The van der Waals surface area contributed by atoms with Gasteiger partial charge in [0.25, 0.3) is 0 Å². The SMILES string of the molecule is COc1cc(C(N)=O)cc(Br)c1I. The molecule has 0 aromatic heterocycles. The van der Waals surface area contributed by atoms with Crippen LogP contribution in [0.1, 0.15) is 10.4 Å². The molecule has 0 radical (unpaired) electrons. The van der Waals surface area contributed by atoms with E-state index in [1.807, 2.05) is 0 Å². The van der Waals surface area contributed by atoms with E-state index >= 15 is 0 Å². The van der Waals surface area contributed by atoms with Gasteiger partial charge in [-0.25, -0.2) is 0 Å². The molecule has 0 bridgehead atoms. The number of hydrogen-bond acceptors (Lipinski definition) is 2. The number of primary amides is 1. The van der Waals surface area contributed by atoms with Crippen LogP contribution in [0.2, 0.25) is 0 Å². The second-order valence-corrected chi connectivity index (χ2v) is 4.27. The number of carbonyl (C=O) groups is 1. The minimum atomic E-state index is -0.463. The van der Waals surface area contributed by atoms with Gasteiger partial charge in [-0.3, -0.25) is 4.79 Å². The summed E-state index contributed by atoms with van der Waals surface area (Å²) in [5.41, 5.74) is 5.57. The monoisotopic (exact) mass is 355 g/mol. The highest BCUT2D eigenvalue weighted by atomic mass is 127. The maximum atomic E-state index is 10.9. The van der Waals surface area contributed by atoms with Crippen molar-refractivity contribution in [1.29, 1.82) is 0 Å². The van der Waals surface area contributed by atoms with Gasteiger partial charge in [-0.2, -0.15) is 0 Å². The van der Waals surface area contributed by atoms with Gasteiger partial charge in [0.1, 0.15) is 5.75 Å². The van der Waals surface area contributed by atoms with Crippen LogP contribution in [0.15, 0.2) is 16.6 Å². The van der Waals surface area contributed by atoms with Crippen molar-refractivity contribution in [3.05, 3.63) is 25.7 Å². The Morgan fingerprint density at radius 2 is 2.23 bits per heavy atom. The third-order valence-electron chi connectivity index (χ3n) is 1.50. The summed E-state index contributed by atoms with van der Waals surface area (Å²) in [6.45, 7) is 0. The molecule has 1 amide bonds. The molecule has 0 fully saturated rings.